The predicted molar refractivity (Wildman–Crippen MR) is 341 cm³/mol. The van der Waals surface area contributed by atoms with Gasteiger partial charge in [0, 0.05) is 59.8 Å². The molecule has 0 spiro atoms. The number of hydrogen-bond donors (Lipinski definition) is 0. The molecule has 0 atom stereocenters. The maximum Gasteiger partial charge on any atom is 0.165 e. The molecule has 0 saturated heterocycles. The van der Waals surface area contributed by atoms with E-state index in [1.54, 1.807) is 0 Å². The summed E-state index contributed by atoms with van der Waals surface area (Å²) in [4.78, 5) is 12.0. The molecule has 0 N–H and O–H groups in total. The molecule has 0 fully saturated rings. The van der Waals surface area contributed by atoms with E-state index in [4.69, 9.17) is 9.97 Å². The van der Waals surface area contributed by atoms with Gasteiger partial charge in [0.2, 0.25) is 0 Å². The van der Waals surface area contributed by atoms with Crippen LogP contribution in [0.25, 0.3) is 155 Å². The molecule has 0 saturated carbocycles. The number of nitrogens with zero attached hydrogens (tertiary/aromatic N) is 6. The van der Waals surface area contributed by atoms with Crippen LogP contribution in [-0.4, -0.2) is 28.2 Å². The summed E-state index contributed by atoms with van der Waals surface area (Å²) in [6.45, 7) is 0. The van der Waals surface area contributed by atoms with E-state index < -0.39 is 0 Å². The molecule has 6 nitrogen and oxygen atoms in total. The van der Waals surface area contributed by atoms with Crippen LogP contribution in [0.15, 0.2) is 291 Å². The number of pyridine rings is 2. The van der Waals surface area contributed by atoms with Gasteiger partial charge in [0.25, 0.3) is 0 Å². The second-order valence-corrected chi connectivity index (χ2v) is 21.2. The highest BCUT2D eigenvalue weighted by molar-refractivity contribution is 6.16. The highest BCUT2D eigenvalue weighted by Gasteiger charge is 2.32. The van der Waals surface area contributed by atoms with E-state index in [9.17, 15) is 0 Å². The first-order valence-corrected chi connectivity index (χ1v) is 28.0. The fourth-order valence-electron chi connectivity index (χ4n) is 13.2. The van der Waals surface area contributed by atoms with E-state index in [1.165, 1.54) is 0 Å². The number of para-hydroxylation sites is 8. The van der Waals surface area contributed by atoms with Crippen LogP contribution in [0.3, 0.4) is 0 Å². The van der Waals surface area contributed by atoms with Crippen molar-refractivity contribution in [1.82, 2.24) is 28.2 Å². The smallest absolute Gasteiger partial charge is 0.165 e. The molecule has 11 aromatic carbocycles. The summed E-state index contributed by atoms with van der Waals surface area (Å²) in [6, 6.07) is 105. The predicted octanol–water partition coefficient (Wildman–Crippen LogP) is 19.5. The molecular formula is C76H48N6. The van der Waals surface area contributed by atoms with Crippen LogP contribution >= 0.6 is 0 Å². The zero-order chi connectivity index (χ0) is 53.8. The van der Waals surface area contributed by atoms with Gasteiger partial charge in [-0.15, -0.1) is 0 Å². The molecule has 0 amide bonds. The Morgan fingerprint density at radius 1 is 0.195 bits per heavy atom. The number of rotatable bonds is 8. The van der Waals surface area contributed by atoms with E-state index in [0.717, 1.165) is 155 Å². The van der Waals surface area contributed by atoms with Crippen molar-refractivity contribution in [3.05, 3.63) is 291 Å². The third-order valence-corrected chi connectivity index (χ3v) is 16.7. The van der Waals surface area contributed by atoms with Crippen LogP contribution in [-0.2, 0) is 0 Å². The summed E-state index contributed by atoms with van der Waals surface area (Å²) in [5, 5.41) is 9.25. The molecule has 0 aliphatic rings. The van der Waals surface area contributed by atoms with E-state index in [1.807, 2.05) is 0 Å². The minimum atomic E-state index is 0.793. The molecule has 0 radical (unpaired) electrons. The second kappa shape index (κ2) is 18.2. The zero-order valence-corrected chi connectivity index (χ0v) is 44.4. The van der Waals surface area contributed by atoms with Gasteiger partial charge in [-0.1, -0.05) is 224 Å². The van der Waals surface area contributed by atoms with Crippen molar-refractivity contribution in [1.29, 1.82) is 0 Å². The van der Waals surface area contributed by atoms with Crippen molar-refractivity contribution in [2.75, 3.05) is 0 Å². The lowest BCUT2D eigenvalue weighted by atomic mass is 9.96. The maximum absolute atomic E-state index is 6.43. The average molecular weight is 1050 g/mol. The first kappa shape index (κ1) is 45.9. The van der Waals surface area contributed by atoms with Gasteiger partial charge in [-0.05, 0) is 83.4 Å². The second-order valence-electron chi connectivity index (χ2n) is 21.2. The number of aromatic nitrogens is 6. The summed E-state index contributed by atoms with van der Waals surface area (Å²) in [5.41, 5.74) is 18.5. The van der Waals surface area contributed by atoms with E-state index in [-0.39, 0.29) is 0 Å². The molecule has 0 bridgehead atoms. The molecule has 82 heavy (non-hydrogen) atoms. The summed E-state index contributed by atoms with van der Waals surface area (Å²) in [5.74, 6) is 1.59. The number of benzene rings is 11. The summed E-state index contributed by atoms with van der Waals surface area (Å²) >= 11 is 0. The van der Waals surface area contributed by atoms with Crippen molar-refractivity contribution in [2.24, 2.45) is 0 Å². The minimum Gasteiger partial charge on any atom is -0.305 e. The lowest BCUT2D eigenvalue weighted by molar-refractivity contribution is 0.961. The Hall–Kier alpha value is -11.1. The Bertz CT molecular complexity index is 4890. The van der Waals surface area contributed by atoms with Crippen molar-refractivity contribution < 1.29 is 0 Å². The summed E-state index contributed by atoms with van der Waals surface area (Å²) in [6.07, 6.45) is 0. The highest BCUT2D eigenvalue weighted by atomic mass is 15.2. The largest absolute Gasteiger partial charge is 0.305 e. The van der Waals surface area contributed by atoms with Crippen LogP contribution < -0.4 is 0 Å². The Balaban J connectivity index is 1.13. The molecule has 0 unspecified atom stereocenters. The topological polar surface area (TPSA) is 45.5 Å². The van der Waals surface area contributed by atoms with Crippen molar-refractivity contribution in [3.8, 4) is 67.8 Å². The Morgan fingerprint density at radius 2 is 0.476 bits per heavy atom. The lowest BCUT2D eigenvalue weighted by Gasteiger charge is -2.27. The molecule has 0 aliphatic carbocycles. The first-order chi connectivity index (χ1) is 40.7. The van der Waals surface area contributed by atoms with Gasteiger partial charge in [0.05, 0.1) is 55.5 Å². The van der Waals surface area contributed by atoms with Gasteiger partial charge >= 0.3 is 0 Å². The van der Waals surface area contributed by atoms with Crippen LogP contribution in [0.5, 0.6) is 0 Å². The van der Waals surface area contributed by atoms with Gasteiger partial charge < -0.3 is 9.13 Å². The molecular weight excluding hydrogens is 997 g/mol. The van der Waals surface area contributed by atoms with Crippen LogP contribution in [0.4, 0.5) is 0 Å². The fourth-order valence-corrected chi connectivity index (χ4v) is 13.2. The molecule has 382 valence electrons. The zero-order valence-electron chi connectivity index (χ0n) is 44.4. The quantitative estimate of drug-likeness (QED) is 0.152. The van der Waals surface area contributed by atoms with Gasteiger partial charge in [-0.25, -0.2) is 9.97 Å². The third-order valence-electron chi connectivity index (χ3n) is 16.7. The lowest BCUT2D eigenvalue weighted by Crippen LogP contribution is -2.16. The van der Waals surface area contributed by atoms with E-state index >= 15 is 0 Å². The summed E-state index contributed by atoms with van der Waals surface area (Å²) in [7, 11) is 0. The molecule has 17 rings (SSSR count). The molecule has 6 heteroatoms. The average Bonchev–Trinajstić information content (AvgIpc) is 4.09. The Morgan fingerprint density at radius 3 is 0.841 bits per heavy atom. The third kappa shape index (κ3) is 6.88. The van der Waals surface area contributed by atoms with Crippen molar-refractivity contribution in [2.45, 2.75) is 0 Å². The standard InChI is InChI=1S/C76H48N6/c1-3-24-49(25-4-1)53-47-62(50-26-5-2-6-27-50)77-63(48-53)51-28-23-29-52(46-51)72-73(79-64-38-15-7-30-54(64)55-31-8-16-39-65(55)79)75(81-68-42-19-11-34-58(68)59-35-12-20-43-69(59)81)78-76(82-70-44-21-13-36-60(70)61-37-14-22-45-71(61)82)74(72)80-66-40-17-9-32-56(66)57-33-10-18-41-67(57)80/h1-48H. The fraction of sp³-hybridized carbons (Fsp3) is 0. The maximum atomic E-state index is 6.43. The van der Waals surface area contributed by atoms with Gasteiger partial charge in [-0.2, -0.15) is 0 Å². The molecule has 6 aromatic heterocycles. The normalized spacial score (nSPS) is 11.9. The van der Waals surface area contributed by atoms with Gasteiger partial charge in [0.15, 0.2) is 11.6 Å². The Kier molecular flexibility index (Phi) is 10.2. The van der Waals surface area contributed by atoms with E-state index in [0.29, 0.717) is 0 Å². The molecule has 6 heterocycles. The van der Waals surface area contributed by atoms with Crippen molar-refractivity contribution in [3.63, 3.8) is 0 Å². The molecule has 17 aromatic rings. The molecule has 0 aliphatic heterocycles. The Labute approximate surface area is 471 Å². The monoisotopic (exact) mass is 1040 g/mol. The minimum absolute atomic E-state index is 0.793. The SMILES string of the molecule is c1ccc(-c2cc(-c3ccccc3)nc(-c3cccc(-c4c(-n5c6ccccc6c6ccccc65)c(-n5c6ccccc6c6ccccc65)nc(-n5c6ccccc6c6ccccc65)c4-n4c5ccccc5c5ccccc54)c3)c2)cc1. The van der Waals surface area contributed by atoms with Gasteiger partial charge in [0.1, 0.15) is 11.4 Å². The summed E-state index contributed by atoms with van der Waals surface area (Å²) < 4.78 is 9.88. The van der Waals surface area contributed by atoms with E-state index in [2.05, 4.69) is 309 Å². The van der Waals surface area contributed by atoms with Crippen LogP contribution in [0.2, 0.25) is 0 Å². The first-order valence-electron chi connectivity index (χ1n) is 28.0. The van der Waals surface area contributed by atoms with Crippen LogP contribution in [0.1, 0.15) is 0 Å². The van der Waals surface area contributed by atoms with Crippen LogP contribution in [0, 0.1) is 0 Å². The van der Waals surface area contributed by atoms with Crippen molar-refractivity contribution >= 4 is 87.2 Å². The van der Waals surface area contributed by atoms with Gasteiger partial charge in [-0.3, -0.25) is 9.13 Å². The highest BCUT2D eigenvalue weighted by Crippen LogP contribution is 2.49. The number of fused-ring (bicyclic) bond motifs is 12. The number of hydrogen-bond acceptors (Lipinski definition) is 2.